The third kappa shape index (κ3) is 3.97. The second-order valence-corrected chi connectivity index (χ2v) is 7.45. The van der Waals surface area contributed by atoms with Gasteiger partial charge in [-0.15, -0.1) is 0 Å². The summed E-state index contributed by atoms with van der Waals surface area (Å²) in [6.07, 6.45) is -1.10. The molecule has 4 rings (SSSR count). The van der Waals surface area contributed by atoms with Crippen LogP contribution in [0.5, 0.6) is 5.75 Å². The van der Waals surface area contributed by atoms with Crippen molar-refractivity contribution in [3.8, 4) is 5.75 Å². The van der Waals surface area contributed by atoms with Crippen LogP contribution in [0.25, 0.3) is 0 Å². The van der Waals surface area contributed by atoms with Gasteiger partial charge in [-0.25, -0.2) is 4.99 Å². The molecule has 0 radical (unpaired) electrons. The van der Waals surface area contributed by atoms with E-state index in [-0.39, 0.29) is 0 Å². The fourth-order valence-electron chi connectivity index (χ4n) is 3.19. The summed E-state index contributed by atoms with van der Waals surface area (Å²) >= 11 is 3.37. The first-order chi connectivity index (χ1) is 14.6. The minimum atomic E-state index is -1.10. The number of methoxy groups -OCH3 is 1. The van der Waals surface area contributed by atoms with Crippen molar-refractivity contribution in [2.75, 3.05) is 12.4 Å². The van der Waals surface area contributed by atoms with Crippen molar-refractivity contribution in [2.24, 2.45) is 4.99 Å². The molecule has 1 aliphatic rings. The van der Waals surface area contributed by atoms with E-state index in [1.165, 1.54) is 7.11 Å². The van der Waals surface area contributed by atoms with Gasteiger partial charge in [-0.3, -0.25) is 9.59 Å². The molecule has 1 heterocycles. The maximum atomic E-state index is 12.9. The van der Waals surface area contributed by atoms with Crippen LogP contribution in [0.1, 0.15) is 21.5 Å². The molecule has 7 heteroatoms. The maximum absolute atomic E-state index is 12.9. The van der Waals surface area contributed by atoms with E-state index in [0.29, 0.717) is 27.2 Å². The SMILES string of the molecule is COc1ccc(Br)c(C(=O)NC2N=C(c3ccccc3)c3ccccc3NC2=O)c1. The number of hydrogen-bond donors (Lipinski definition) is 2. The number of carbonyl (C=O) groups is 2. The van der Waals surface area contributed by atoms with Crippen LogP contribution in [0, 0.1) is 0 Å². The number of anilines is 1. The minimum Gasteiger partial charge on any atom is -0.497 e. The number of para-hydroxylation sites is 1. The Morgan fingerprint density at radius 1 is 1.07 bits per heavy atom. The van der Waals surface area contributed by atoms with Crippen LogP contribution in [0.2, 0.25) is 0 Å². The molecule has 0 aliphatic carbocycles. The molecule has 1 unspecified atom stereocenters. The zero-order valence-corrected chi connectivity index (χ0v) is 17.6. The summed E-state index contributed by atoms with van der Waals surface area (Å²) in [6, 6.07) is 22.1. The van der Waals surface area contributed by atoms with Gasteiger partial charge in [0.15, 0.2) is 0 Å². The first-order valence-corrected chi connectivity index (χ1v) is 10.0. The van der Waals surface area contributed by atoms with Gasteiger partial charge in [0.2, 0.25) is 6.17 Å². The highest BCUT2D eigenvalue weighted by molar-refractivity contribution is 9.10. The Hall–Kier alpha value is -3.45. The highest BCUT2D eigenvalue weighted by Gasteiger charge is 2.27. The van der Waals surface area contributed by atoms with Gasteiger partial charge in [-0.1, -0.05) is 48.5 Å². The largest absolute Gasteiger partial charge is 0.497 e. The van der Waals surface area contributed by atoms with Crippen molar-refractivity contribution in [3.63, 3.8) is 0 Å². The Bertz CT molecular complexity index is 1150. The Kier molecular flexibility index (Phi) is 5.63. The zero-order chi connectivity index (χ0) is 21.1. The maximum Gasteiger partial charge on any atom is 0.269 e. The lowest BCUT2D eigenvalue weighted by Crippen LogP contribution is -2.42. The third-order valence-electron chi connectivity index (χ3n) is 4.68. The second kappa shape index (κ2) is 8.51. The molecule has 0 aromatic heterocycles. The molecule has 150 valence electrons. The predicted octanol–water partition coefficient (Wildman–Crippen LogP) is 4.00. The highest BCUT2D eigenvalue weighted by atomic mass is 79.9. The number of hydrogen-bond acceptors (Lipinski definition) is 4. The number of halogens is 1. The van der Waals surface area contributed by atoms with E-state index in [4.69, 9.17) is 4.74 Å². The molecule has 3 aromatic carbocycles. The molecular formula is C23H18BrN3O3. The average molecular weight is 464 g/mol. The topological polar surface area (TPSA) is 79.8 Å². The lowest BCUT2D eigenvalue weighted by molar-refractivity contribution is -0.117. The van der Waals surface area contributed by atoms with Gasteiger partial charge in [-0.2, -0.15) is 0 Å². The predicted molar refractivity (Wildman–Crippen MR) is 119 cm³/mol. The Morgan fingerprint density at radius 2 is 1.80 bits per heavy atom. The van der Waals surface area contributed by atoms with Crippen LogP contribution in [0.15, 0.2) is 82.3 Å². The van der Waals surface area contributed by atoms with E-state index < -0.39 is 18.0 Å². The molecule has 0 spiro atoms. The van der Waals surface area contributed by atoms with Gasteiger partial charge in [0.1, 0.15) is 5.75 Å². The molecule has 2 N–H and O–H groups in total. The zero-order valence-electron chi connectivity index (χ0n) is 16.1. The first kappa shape index (κ1) is 19.8. The standard InChI is InChI=1S/C23H18BrN3O3/c1-30-15-11-12-18(24)17(13-15)22(28)27-21-23(29)25-19-10-6-5-9-16(19)20(26-21)14-7-3-2-4-8-14/h2-13,21H,1H3,(H,25,29)(H,27,28). The number of rotatable bonds is 4. The van der Waals surface area contributed by atoms with Crippen molar-refractivity contribution in [1.29, 1.82) is 0 Å². The second-order valence-electron chi connectivity index (χ2n) is 6.60. The summed E-state index contributed by atoms with van der Waals surface area (Å²) in [6.45, 7) is 0. The average Bonchev–Trinajstić information content (AvgIpc) is 2.91. The van der Waals surface area contributed by atoms with E-state index in [1.807, 2.05) is 54.6 Å². The van der Waals surface area contributed by atoms with Gasteiger partial charge in [0, 0.05) is 15.6 Å². The van der Waals surface area contributed by atoms with Crippen LogP contribution in [-0.4, -0.2) is 30.8 Å². The van der Waals surface area contributed by atoms with Crippen LogP contribution in [0.4, 0.5) is 5.69 Å². The number of amides is 2. The monoisotopic (exact) mass is 463 g/mol. The quantitative estimate of drug-likeness (QED) is 0.613. The van der Waals surface area contributed by atoms with E-state index in [0.717, 1.165) is 11.1 Å². The van der Waals surface area contributed by atoms with Crippen LogP contribution in [-0.2, 0) is 4.79 Å². The molecule has 0 bridgehead atoms. The Morgan fingerprint density at radius 3 is 2.57 bits per heavy atom. The van der Waals surface area contributed by atoms with Crippen molar-refractivity contribution < 1.29 is 14.3 Å². The number of nitrogens with one attached hydrogen (secondary N) is 2. The van der Waals surface area contributed by atoms with Gasteiger partial charge >= 0.3 is 0 Å². The van der Waals surface area contributed by atoms with Gasteiger partial charge in [0.05, 0.1) is 24.1 Å². The molecule has 30 heavy (non-hydrogen) atoms. The Labute approximate surface area is 182 Å². The van der Waals surface area contributed by atoms with Crippen LogP contribution < -0.4 is 15.4 Å². The summed E-state index contributed by atoms with van der Waals surface area (Å²) in [5.74, 6) is -0.321. The van der Waals surface area contributed by atoms with Crippen molar-refractivity contribution >= 4 is 39.1 Å². The number of aliphatic imine (C=N–C) groups is 1. The van der Waals surface area contributed by atoms with Crippen molar-refractivity contribution in [2.45, 2.75) is 6.17 Å². The molecule has 0 fully saturated rings. The van der Waals surface area contributed by atoms with E-state index in [1.54, 1.807) is 18.2 Å². The molecule has 0 saturated carbocycles. The van der Waals surface area contributed by atoms with Gasteiger partial charge in [0.25, 0.3) is 11.8 Å². The molecule has 0 saturated heterocycles. The van der Waals surface area contributed by atoms with Crippen molar-refractivity contribution in [3.05, 3.63) is 94.0 Å². The molecule has 6 nitrogen and oxygen atoms in total. The van der Waals surface area contributed by atoms with E-state index in [2.05, 4.69) is 31.6 Å². The lowest BCUT2D eigenvalue weighted by atomic mass is 10.0. The van der Waals surface area contributed by atoms with E-state index >= 15 is 0 Å². The number of benzene rings is 3. The van der Waals surface area contributed by atoms with Crippen molar-refractivity contribution in [1.82, 2.24) is 5.32 Å². The molecule has 1 aliphatic heterocycles. The normalized spacial score (nSPS) is 15.3. The minimum absolute atomic E-state index is 0.348. The summed E-state index contributed by atoms with van der Waals surface area (Å²) < 4.78 is 5.79. The lowest BCUT2D eigenvalue weighted by Gasteiger charge is -2.14. The molecule has 2 amide bonds. The number of benzodiazepines with no additional fused rings is 1. The smallest absolute Gasteiger partial charge is 0.269 e. The molecule has 1 atom stereocenters. The number of carbonyl (C=O) groups excluding carboxylic acids is 2. The Balaban J connectivity index is 1.73. The third-order valence-corrected chi connectivity index (χ3v) is 5.37. The number of ether oxygens (including phenoxy) is 1. The molecule has 3 aromatic rings. The van der Waals surface area contributed by atoms with E-state index in [9.17, 15) is 9.59 Å². The van der Waals surface area contributed by atoms with Gasteiger partial charge < -0.3 is 15.4 Å². The highest BCUT2D eigenvalue weighted by Crippen LogP contribution is 2.25. The summed E-state index contributed by atoms with van der Waals surface area (Å²) in [4.78, 5) is 30.4. The summed E-state index contributed by atoms with van der Waals surface area (Å²) in [5.41, 5.74) is 3.25. The summed E-state index contributed by atoms with van der Waals surface area (Å²) in [5, 5.41) is 5.59. The van der Waals surface area contributed by atoms with Gasteiger partial charge in [-0.05, 0) is 40.2 Å². The summed E-state index contributed by atoms with van der Waals surface area (Å²) in [7, 11) is 1.53. The number of fused-ring (bicyclic) bond motifs is 1. The van der Waals surface area contributed by atoms with Crippen LogP contribution >= 0.6 is 15.9 Å². The number of nitrogens with zero attached hydrogens (tertiary/aromatic N) is 1. The molecular weight excluding hydrogens is 446 g/mol. The van der Waals surface area contributed by atoms with Crippen LogP contribution in [0.3, 0.4) is 0 Å². The first-order valence-electron chi connectivity index (χ1n) is 9.24. The fourth-order valence-corrected chi connectivity index (χ4v) is 3.61. The fraction of sp³-hybridized carbons (Fsp3) is 0.0870.